The molecule has 3 rings (SSSR count). The van der Waals surface area contributed by atoms with Gasteiger partial charge in [-0.2, -0.15) is 5.01 Å². The fraction of sp³-hybridized carbons (Fsp3) is 0. The summed E-state index contributed by atoms with van der Waals surface area (Å²) in [5.41, 5.74) is 3.94. The highest BCUT2D eigenvalue weighted by Crippen LogP contribution is 2.29. The second-order valence-electron chi connectivity index (χ2n) is 5.26. The van der Waals surface area contributed by atoms with Crippen molar-refractivity contribution in [2.45, 2.75) is 0 Å². The first-order valence-electron chi connectivity index (χ1n) is 7.61. The summed E-state index contributed by atoms with van der Waals surface area (Å²) in [4.78, 5) is 25.2. The van der Waals surface area contributed by atoms with Crippen LogP contribution >= 0.6 is 35.6 Å². The zero-order valence-corrected chi connectivity index (χ0v) is 15.8. The Morgan fingerprint density at radius 3 is 2.50 bits per heavy atom. The fourth-order valence-corrected chi connectivity index (χ4v) is 3.41. The lowest BCUT2D eigenvalue weighted by atomic mass is 10.2. The molecule has 0 radical (unpaired) electrons. The van der Waals surface area contributed by atoms with Gasteiger partial charge < -0.3 is 0 Å². The van der Waals surface area contributed by atoms with Crippen molar-refractivity contribution in [3.8, 4) is 0 Å². The van der Waals surface area contributed by atoms with Gasteiger partial charge in [0.1, 0.15) is 0 Å². The first-order valence-corrected chi connectivity index (χ1v) is 9.21. The highest BCUT2D eigenvalue weighted by atomic mass is 35.5. The van der Waals surface area contributed by atoms with Crippen LogP contribution in [-0.2, 0) is 4.79 Å². The van der Waals surface area contributed by atoms with E-state index in [9.17, 15) is 9.59 Å². The molecule has 2 aromatic carbocycles. The minimum atomic E-state index is -0.431. The van der Waals surface area contributed by atoms with Crippen molar-refractivity contribution in [1.29, 1.82) is 0 Å². The van der Waals surface area contributed by atoms with Gasteiger partial charge in [-0.05, 0) is 48.1 Å². The Morgan fingerprint density at radius 2 is 1.81 bits per heavy atom. The van der Waals surface area contributed by atoms with Crippen molar-refractivity contribution in [3.05, 3.63) is 87.8 Å². The predicted octanol–water partition coefficient (Wildman–Crippen LogP) is 4.44. The summed E-state index contributed by atoms with van der Waals surface area (Å²) in [6.45, 7) is 0. The minimum absolute atomic E-state index is 0.275. The normalized spacial score (nSPS) is 15.9. The molecule has 0 aromatic heterocycles. The molecule has 0 saturated carbocycles. The fourth-order valence-electron chi connectivity index (χ4n) is 2.16. The summed E-state index contributed by atoms with van der Waals surface area (Å²) in [6, 6.07) is 16.1. The van der Waals surface area contributed by atoms with Crippen LogP contribution in [0.5, 0.6) is 0 Å². The third kappa shape index (κ3) is 4.40. The molecule has 0 atom stereocenters. The van der Waals surface area contributed by atoms with Crippen molar-refractivity contribution >= 4 is 57.8 Å². The van der Waals surface area contributed by atoms with Crippen LogP contribution in [0.3, 0.4) is 0 Å². The zero-order chi connectivity index (χ0) is 18.5. The van der Waals surface area contributed by atoms with E-state index < -0.39 is 5.91 Å². The van der Waals surface area contributed by atoms with Crippen LogP contribution in [-0.4, -0.2) is 21.1 Å². The number of amides is 2. The smallest absolute Gasteiger partial charge is 0.267 e. The van der Waals surface area contributed by atoms with Crippen molar-refractivity contribution in [2.75, 3.05) is 0 Å². The number of halogens is 1. The number of nitrogens with zero attached hydrogens (tertiary/aromatic N) is 1. The number of hydrogen-bond acceptors (Lipinski definition) is 4. The second kappa shape index (κ2) is 8.31. The molecular formula is C19H13ClN2O2S2. The zero-order valence-electron chi connectivity index (χ0n) is 13.4. The number of nitrogens with one attached hydrogen (secondary N) is 1. The number of hydrogen-bond donors (Lipinski definition) is 1. The largest absolute Gasteiger partial charge is 0.285 e. The Labute approximate surface area is 165 Å². The Balaban J connectivity index is 1.68. The lowest BCUT2D eigenvalue weighted by Gasteiger charge is -2.15. The van der Waals surface area contributed by atoms with Crippen molar-refractivity contribution in [2.24, 2.45) is 0 Å². The van der Waals surface area contributed by atoms with Crippen LogP contribution in [0.15, 0.2) is 71.7 Å². The van der Waals surface area contributed by atoms with Gasteiger partial charge in [-0.25, -0.2) is 0 Å². The number of hydrazine groups is 1. The van der Waals surface area contributed by atoms with E-state index >= 15 is 0 Å². The van der Waals surface area contributed by atoms with E-state index in [0.29, 0.717) is 15.5 Å². The molecule has 1 saturated heterocycles. The predicted molar refractivity (Wildman–Crippen MR) is 110 cm³/mol. The SMILES string of the molecule is O=C(NN1C(=O)/C(=C/C=C/c2ccccc2)SC1=S)c1ccc(Cl)cc1. The van der Waals surface area contributed by atoms with Crippen LogP contribution in [0.1, 0.15) is 15.9 Å². The van der Waals surface area contributed by atoms with Gasteiger partial charge in [-0.15, -0.1) is 0 Å². The number of benzene rings is 2. The van der Waals surface area contributed by atoms with Crippen LogP contribution in [0.25, 0.3) is 6.08 Å². The van der Waals surface area contributed by atoms with Crippen LogP contribution < -0.4 is 5.43 Å². The average Bonchev–Trinajstić information content (AvgIpc) is 2.91. The van der Waals surface area contributed by atoms with Gasteiger partial charge in [0.2, 0.25) is 0 Å². The molecule has 0 bridgehead atoms. The molecule has 26 heavy (non-hydrogen) atoms. The summed E-state index contributed by atoms with van der Waals surface area (Å²) in [7, 11) is 0. The molecule has 1 heterocycles. The molecule has 1 N–H and O–H groups in total. The first kappa shape index (κ1) is 18.4. The molecule has 7 heteroatoms. The summed E-state index contributed by atoms with van der Waals surface area (Å²) in [5, 5.41) is 1.61. The van der Waals surface area contributed by atoms with Crippen molar-refractivity contribution < 1.29 is 9.59 Å². The summed E-state index contributed by atoms with van der Waals surface area (Å²) in [6.07, 6.45) is 5.35. The number of thioether (sulfide) groups is 1. The lowest BCUT2D eigenvalue weighted by Crippen LogP contribution is -2.44. The van der Waals surface area contributed by atoms with E-state index in [4.69, 9.17) is 23.8 Å². The minimum Gasteiger partial charge on any atom is -0.267 e. The summed E-state index contributed by atoms with van der Waals surface area (Å²) >= 11 is 12.1. The third-order valence-electron chi connectivity index (χ3n) is 3.45. The van der Waals surface area contributed by atoms with Gasteiger partial charge >= 0.3 is 0 Å². The summed E-state index contributed by atoms with van der Waals surface area (Å²) in [5.74, 6) is -0.793. The van der Waals surface area contributed by atoms with Crippen LogP contribution in [0.4, 0.5) is 0 Å². The Bertz CT molecular complexity index is 909. The van der Waals surface area contributed by atoms with Crippen LogP contribution in [0, 0.1) is 0 Å². The van der Waals surface area contributed by atoms with E-state index in [0.717, 1.165) is 22.3 Å². The molecule has 1 aliphatic rings. The van der Waals surface area contributed by atoms with Gasteiger partial charge in [0, 0.05) is 10.6 Å². The molecule has 0 aliphatic carbocycles. The van der Waals surface area contributed by atoms with E-state index in [2.05, 4.69) is 5.43 Å². The molecule has 1 aliphatic heterocycles. The molecule has 2 aromatic rings. The van der Waals surface area contributed by atoms with Gasteiger partial charge in [-0.3, -0.25) is 15.0 Å². The van der Waals surface area contributed by atoms with E-state index in [-0.39, 0.29) is 10.2 Å². The Morgan fingerprint density at radius 1 is 1.12 bits per heavy atom. The van der Waals surface area contributed by atoms with Crippen LogP contribution in [0.2, 0.25) is 5.02 Å². The number of rotatable bonds is 4. The standard InChI is InChI=1S/C19H13ClN2O2S2/c20-15-11-9-14(10-12-15)17(23)21-22-18(24)16(26-19(22)25)8-4-7-13-5-2-1-3-6-13/h1-12H,(H,21,23)/b7-4+,16-8-. The van der Waals surface area contributed by atoms with E-state index in [1.807, 2.05) is 36.4 Å². The quantitative estimate of drug-likeness (QED) is 0.608. The van der Waals surface area contributed by atoms with Crippen molar-refractivity contribution in [3.63, 3.8) is 0 Å². The molecule has 0 spiro atoms. The highest BCUT2D eigenvalue weighted by Gasteiger charge is 2.33. The number of carbonyl (C=O) groups is 2. The topological polar surface area (TPSA) is 49.4 Å². The Hall–Kier alpha value is -2.41. The molecule has 0 unspecified atom stereocenters. The second-order valence-corrected chi connectivity index (χ2v) is 7.37. The van der Waals surface area contributed by atoms with Gasteiger partial charge in [0.05, 0.1) is 4.91 Å². The maximum Gasteiger partial charge on any atom is 0.285 e. The molecule has 2 amide bonds. The lowest BCUT2D eigenvalue weighted by molar-refractivity contribution is -0.123. The maximum absolute atomic E-state index is 12.5. The number of allylic oxidation sites excluding steroid dienone is 2. The van der Waals surface area contributed by atoms with Crippen molar-refractivity contribution in [1.82, 2.24) is 10.4 Å². The highest BCUT2D eigenvalue weighted by molar-refractivity contribution is 8.26. The summed E-state index contributed by atoms with van der Waals surface area (Å²) < 4.78 is 0.275. The number of thiocarbonyl (C=S) groups is 1. The monoisotopic (exact) mass is 400 g/mol. The molecule has 130 valence electrons. The number of carbonyl (C=O) groups excluding carboxylic acids is 2. The molecule has 4 nitrogen and oxygen atoms in total. The maximum atomic E-state index is 12.5. The molecule has 1 fully saturated rings. The third-order valence-corrected chi connectivity index (χ3v) is 5.02. The van der Waals surface area contributed by atoms with Gasteiger partial charge in [-0.1, -0.05) is 65.8 Å². The Kier molecular flexibility index (Phi) is 5.88. The van der Waals surface area contributed by atoms with E-state index in [1.54, 1.807) is 36.4 Å². The van der Waals surface area contributed by atoms with Gasteiger partial charge in [0.15, 0.2) is 4.32 Å². The first-order chi connectivity index (χ1) is 12.5. The van der Waals surface area contributed by atoms with Gasteiger partial charge in [0.25, 0.3) is 11.8 Å². The average molecular weight is 401 g/mol. The molecular weight excluding hydrogens is 388 g/mol. The van der Waals surface area contributed by atoms with E-state index in [1.165, 1.54) is 0 Å².